The van der Waals surface area contributed by atoms with E-state index in [2.05, 4.69) is 10.5 Å². The Kier molecular flexibility index (Phi) is 5.85. The molecule has 0 aliphatic heterocycles. The second-order valence-electron chi connectivity index (χ2n) is 4.75. The summed E-state index contributed by atoms with van der Waals surface area (Å²) in [6, 6.07) is 5.20. The van der Waals surface area contributed by atoms with Gasteiger partial charge in [0.05, 0.1) is 27.5 Å². The molecule has 1 amide bonds. The number of carbonyl (C=O) groups is 1. The van der Waals surface area contributed by atoms with E-state index in [0.29, 0.717) is 17.2 Å². The zero-order valence-electron chi connectivity index (χ0n) is 14.0. The van der Waals surface area contributed by atoms with Gasteiger partial charge in [0.2, 0.25) is 10.8 Å². The zero-order valence-corrected chi connectivity index (χ0v) is 14.9. The highest BCUT2D eigenvalue weighted by Crippen LogP contribution is 2.38. The van der Waals surface area contributed by atoms with E-state index in [4.69, 9.17) is 23.2 Å². The van der Waals surface area contributed by atoms with Gasteiger partial charge >= 0.3 is 10.1 Å². The van der Waals surface area contributed by atoms with Gasteiger partial charge in [0.25, 0.3) is 5.91 Å². The molecule has 1 aromatic heterocycles. The summed E-state index contributed by atoms with van der Waals surface area (Å²) in [5.74, 6) is 0.364. The summed E-state index contributed by atoms with van der Waals surface area (Å²) in [5, 5.41) is 3.03. The van der Waals surface area contributed by atoms with Gasteiger partial charge in [-0.05, 0) is 24.3 Å². The molecular weight excluding hydrogens is 368 g/mol. The summed E-state index contributed by atoms with van der Waals surface area (Å²) >= 11 is 0. The summed E-state index contributed by atoms with van der Waals surface area (Å²) in [5.41, 5.74) is 2.43. The van der Waals surface area contributed by atoms with Crippen molar-refractivity contribution in [3.8, 4) is 17.2 Å². The van der Waals surface area contributed by atoms with E-state index in [0.717, 1.165) is 12.3 Å². The molecule has 2 N–H and O–H groups in total. The molecule has 0 fully saturated rings. The van der Waals surface area contributed by atoms with Crippen LogP contribution in [0.1, 0.15) is 16.1 Å². The molecule has 0 spiro atoms. The molecule has 0 aliphatic carbocycles. The molecule has 0 radical (unpaired) electrons. The number of benzene rings is 1. The lowest BCUT2D eigenvalue weighted by molar-refractivity contribution is 0.0954. The highest BCUT2D eigenvalue weighted by molar-refractivity contribution is 7.85. The predicted octanol–water partition coefficient (Wildman–Crippen LogP) is 1.32. The third kappa shape index (κ3) is 4.32. The van der Waals surface area contributed by atoms with Crippen molar-refractivity contribution >= 4 is 22.2 Å². The summed E-state index contributed by atoms with van der Waals surface area (Å²) < 4.78 is 51.0. The summed E-state index contributed by atoms with van der Waals surface area (Å²) in [4.78, 5) is 12.2. The number of amides is 1. The number of methoxy groups -OCH3 is 3. The monoisotopic (exact) mass is 384 g/mol. The van der Waals surface area contributed by atoms with Crippen molar-refractivity contribution in [1.29, 1.82) is 0 Å². The Morgan fingerprint density at radius 1 is 1.15 bits per heavy atom. The second kappa shape index (κ2) is 7.89. The fourth-order valence-corrected chi connectivity index (χ4v) is 2.42. The molecule has 2 aromatic rings. The van der Waals surface area contributed by atoms with Gasteiger partial charge in [-0.25, -0.2) is 5.43 Å². The largest absolute Gasteiger partial charge is 0.493 e. The SMILES string of the molecule is COc1cc(C(=O)NN=Cc2ccc(S(=O)(=O)O)o2)cc(OC)c1OC. The molecule has 1 heterocycles. The Balaban J connectivity index is 2.16. The molecule has 0 bridgehead atoms. The van der Waals surface area contributed by atoms with Crippen molar-refractivity contribution < 1.29 is 36.4 Å². The molecule has 140 valence electrons. The third-order valence-corrected chi connectivity index (χ3v) is 3.87. The fraction of sp³-hybridized carbons (Fsp3) is 0.200. The summed E-state index contributed by atoms with van der Waals surface area (Å²) in [6.07, 6.45) is 1.07. The normalized spacial score (nSPS) is 11.4. The van der Waals surface area contributed by atoms with Gasteiger partial charge in [-0.2, -0.15) is 13.5 Å². The maximum Gasteiger partial charge on any atom is 0.328 e. The van der Waals surface area contributed by atoms with Crippen LogP contribution >= 0.6 is 0 Å². The van der Waals surface area contributed by atoms with Gasteiger partial charge in [0, 0.05) is 5.56 Å². The first-order valence-electron chi connectivity index (χ1n) is 7.01. The van der Waals surface area contributed by atoms with Crippen molar-refractivity contribution in [3.63, 3.8) is 0 Å². The minimum atomic E-state index is -4.44. The van der Waals surface area contributed by atoms with Crippen LogP contribution in [0.25, 0.3) is 0 Å². The number of carbonyl (C=O) groups excluding carboxylic acids is 1. The Hall–Kier alpha value is -3.05. The minimum Gasteiger partial charge on any atom is -0.493 e. The average molecular weight is 384 g/mol. The first kappa shape index (κ1) is 19.3. The van der Waals surface area contributed by atoms with Crippen LogP contribution in [0.15, 0.2) is 38.9 Å². The van der Waals surface area contributed by atoms with E-state index >= 15 is 0 Å². The van der Waals surface area contributed by atoms with E-state index in [1.165, 1.54) is 39.5 Å². The summed E-state index contributed by atoms with van der Waals surface area (Å²) in [6.45, 7) is 0. The molecule has 10 nitrogen and oxygen atoms in total. The van der Waals surface area contributed by atoms with Crippen LogP contribution < -0.4 is 19.6 Å². The third-order valence-electron chi connectivity index (χ3n) is 3.14. The molecule has 2 rings (SSSR count). The van der Waals surface area contributed by atoms with Gasteiger partial charge in [-0.1, -0.05) is 0 Å². The number of hydrazone groups is 1. The number of hydrogen-bond acceptors (Lipinski definition) is 8. The Morgan fingerprint density at radius 3 is 2.23 bits per heavy atom. The van der Waals surface area contributed by atoms with Gasteiger partial charge in [0.1, 0.15) is 5.76 Å². The van der Waals surface area contributed by atoms with Crippen LogP contribution in [-0.2, 0) is 10.1 Å². The molecule has 26 heavy (non-hydrogen) atoms. The number of ether oxygens (including phenoxy) is 3. The van der Waals surface area contributed by atoms with Crippen LogP contribution in [0, 0.1) is 0 Å². The van der Waals surface area contributed by atoms with E-state index in [-0.39, 0.29) is 11.3 Å². The van der Waals surface area contributed by atoms with E-state index in [1.54, 1.807) is 0 Å². The van der Waals surface area contributed by atoms with Gasteiger partial charge in [-0.3, -0.25) is 9.35 Å². The van der Waals surface area contributed by atoms with Gasteiger partial charge in [0.15, 0.2) is 11.5 Å². The molecule has 0 saturated carbocycles. The van der Waals surface area contributed by atoms with Crippen molar-refractivity contribution in [2.45, 2.75) is 5.09 Å². The molecule has 1 aromatic carbocycles. The lowest BCUT2D eigenvalue weighted by Crippen LogP contribution is -2.18. The molecule has 11 heteroatoms. The Labute approximate surface area is 149 Å². The molecule has 0 atom stereocenters. The van der Waals surface area contributed by atoms with E-state index in [1.807, 2.05) is 0 Å². The highest BCUT2D eigenvalue weighted by Gasteiger charge is 2.17. The fourth-order valence-electron chi connectivity index (χ4n) is 1.97. The molecule has 0 unspecified atom stereocenters. The first-order chi connectivity index (χ1) is 12.3. The van der Waals surface area contributed by atoms with Crippen LogP contribution in [0.5, 0.6) is 17.2 Å². The average Bonchev–Trinajstić information content (AvgIpc) is 3.09. The highest BCUT2D eigenvalue weighted by atomic mass is 32.2. The lowest BCUT2D eigenvalue weighted by atomic mass is 10.1. The van der Waals surface area contributed by atoms with Crippen molar-refractivity contribution in [2.24, 2.45) is 5.10 Å². The smallest absolute Gasteiger partial charge is 0.328 e. The Bertz CT molecular complexity index is 908. The lowest BCUT2D eigenvalue weighted by Gasteiger charge is -2.13. The zero-order chi connectivity index (χ0) is 19.3. The molecular formula is C15H16N2O8S. The summed E-state index contributed by atoms with van der Waals surface area (Å²) in [7, 11) is -0.170. The van der Waals surface area contributed by atoms with Crippen LogP contribution in [0.4, 0.5) is 0 Å². The maximum absolute atomic E-state index is 12.2. The molecule has 0 saturated heterocycles. The predicted molar refractivity (Wildman–Crippen MR) is 89.7 cm³/mol. The Morgan fingerprint density at radius 2 is 1.77 bits per heavy atom. The standard InChI is InChI=1S/C15H16N2O8S/c1-22-11-6-9(7-12(23-2)14(11)24-3)15(18)17-16-8-10-4-5-13(25-10)26(19,20)21/h4-8H,1-3H3,(H,17,18)(H,19,20,21). The van der Waals surface area contributed by atoms with E-state index in [9.17, 15) is 13.2 Å². The quantitative estimate of drug-likeness (QED) is 0.414. The van der Waals surface area contributed by atoms with Crippen LogP contribution in [0.2, 0.25) is 0 Å². The number of rotatable bonds is 7. The van der Waals surface area contributed by atoms with Gasteiger partial charge < -0.3 is 18.6 Å². The van der Waals surface area contributed by atoms with Gasteiger partial charge in [-0.15, -0.1) is 0 Å². The number of furan rings is 1. The van der Waals surface area contributed by atoms with Crippen molar-refractivity contribution in [3.05, 3.63) is 35.6 Å². The maximum atomic E-state index is 12.2. The van der Waals surface area contributed by atoms with E-state index < -0.39 is 21.1 Å². The van der Waals surface area contributed by atoms with Crippen molar-refractivity contribution in [1.82, 2.24) is 5.43 Å². The van der Waals surface area contributed by atoms with Crippen LogP contribution in [0.3, 0.4) is 0 Å². The number of hydrogen-bond donors (Lipinski definition) is 2. The van der Waals surface area contributed by atoms with Crippen LogP contribution in [-0.4, -0.2) is 46.4 Å². The number of nitrogens with one attached hydrogen (secondary N) is 1. The first-order valence-corrected chi connectivity index (χ1v) is 8.45. The minimum absolute atomic E-state index is 0.0165. The molecule has 0 aliphatic rings. The second-order valence-corrected chi connectivity index (χ2v) is 6.10. The van der Waals surface area contributed by atoms with Crippen molar-refractivity contribution in [2.75, 3.05) is 21.3 Å². The number of nitrogens with zero attached hydrogens (tertiary/aromatic N) is 1. The topological polar surface area (TPSA) is 137 Å².